The molecule has 2 saturated carbocycles. The van der Waals surface area contributed by atoms with Gasteiger partial charge in [0.2, 0.25) is 0 Å². The van der Waals surface area contributed by atoms with Crippen molar-refractivity contribution in [2.75, 3.05) is 0 Å². The number of alkyl halides is 6. The smallest absolute Gasteiger partial charge is 0.327 e. The van der Waals surface area contributed by atoms with Gasteiger partial charge in [-0.3, -0.25) is 0 Å². The molecule has 2 fully saturated rings. The summed E-state index contributed by atoms with van der Waals surface area (Å²) in [6, 6.07) is -1.23. The SMILES string of the molecule is Cl.Cl.N[C@@H]1C[C@@H]1C(F)(F)F.N[C@H]1C[C@H]1C(F)(F)F. The van der Waals surface area contributed by atoms with Crippen LogP contribution in [0.5, 0.6) is 0 Å². The largest absolute Gasteiger partial charge is 0.393 e. The van der Waals surface area contributed by atoms with Gasteiger partial charge in [-0.05, 0) is 12.8 Å². The summed E-state index contributed by atoms with van der Waals surface area (Å²) in [6.45, 7) is 0. The molecule has 4 N–H and O–H groups in total. The van der Waals surface area contributed by atoms with E-state index in [9.17, 15) is 26.3 Å². The molecule has 0 radical (unpaired) electrons. The Kier molecular flexibility index (Phi) is 7.36. The predicted octanol–water partition coefficient (Wildman–Crippen LogP) is 2.64. The van der Waals surface area contributed by atoms with Gasteiger partial charge >= 0.3 is 12.4 Å². The minimum Gasteiger partial charge on any atom is -0.327 e. The molecule has 0 aliphatic heterocycles. The van der Waals surface area contributed by atoms with Crippen LogP contribution in [0.25, 0.3) is 0 Å². The Bertz CT molecular complexity index is 231. The summed E-state index contributed by atoms with van der Waals surface area (Å²) in [7, 11) is 0. The lowest BCUT2D eigenvalue weighted by Gasteiger charge is -2.01. The number of hydrogen-bond donors (Lipinski definition) is 2. The second-order valence-electron chi connectivity index (χ2n) is 4.10. The third kappa shape index (κ3) is 6.31. The molecule has 0 unspecified atom stereocenters. The van der Waals surface area contributed by atoms with E-state index >= 15 is 0 Å². The van der Waals surface area contributed by atoms with Crippen LogP contribution in [0.2, 0.25) is 0 Å². The van der Waals surface area contributed by atoms with Crippen molar-refractivity contribution in [3.63, 3.8) is 0 Å². The molecule has 2 rings (SSSR count). The average Bonchev–Trinajstić information content (AvgIpc) is 2.86. The van der Waals surface area contributed by atoms with Gasteiger partial charge in [-0.2, -0.15) is 26.3 Å². The van der Waals surface area contributed by atoms with E-state index in [0.717, 1.165) is 0 Å². The number of nitrogens with two attached hydrogens (primary N) is 2. The molecular weight excluding hydrogens is 309 g/mol. The summed E-state index contributed by atoms with van der Waals surface area (Å²) >= 11 is 0. The molecule has 0 aromatic heterocycles. The minimum absolute atomic E-state index is 0. The summed E-state index contributed by atoms with van der Waals surface area (Å²) in [5.74, 6) is -2.41. The van der Waals surface area contributed by atoms with Crippen LogP contribution in [0.1, 0.15) is 12.8 Å². The summed E-state index contributed by atoms with van der Waals surface area (Å²) in [5.41, 5.74) is 9.87. The standard InChI is InChI=1S/2C4H6F3N.2ClH/c2*5-4(6,7)2-1-3(2)8;;/h2*2-3H,1,8H2;2*1H/t2*2-,3+;;/m10../s1. The zero-order chi connectivity index (χ0) is 12.7. The Hall–Kier alpha value is 0.0800. The lowest BCUT2D eigenvalue weighted by molar-refractivity contribution is -0.149. The lowest BCUT2D eigenvalue weighted by Crippen LogP contribution is -2.17. The van der Waals surface area contributed by atoms with Gasteiger partial charge < -0.3 is 11.5 Å². The highest BCUT2D eigenvalue weighted by atomic mass is 35.5. The van der Waals surface area contributed by atoms with Crippen molar-refractivity contribution in [2.24, 2.45) is 23.3 Å². The van der Waals surface area contributed by atoms with E-state index in [2.05, 4.69) is 0 Å². The molecule has 112 valence electrons. The van der Waals surface area contributed by atoms with E-state index in [1.807, 2.05) is 0 Å². The molecule has 2 nitrogen and oxygen atoms in total. The summed E-state index contributed by atoms with van der Waals surface area (Å²) in [5, 5.41) is 0. The van der Waals surface area contributed by atoms with Gasteiger partial charge in [0.1, 0.15) is 0 Å². The molecule has 0 bridgehead atoms. The first-order valence-corrected chi connectivity index (χ1v) is 4.68. The van der Waals surface area contributed by atoms with E-state index < -0.39 is 36.3 Å². The third-order valence-corrected chi connectivity index (χ3v) is 2.52. The first kappa shape index (κ1) is 20.4. The van der Waals surface area contributed by atoms with Crippen molar-refractivity contribution < 1.29 is 26.3 Å². The maximum absolute atomic E-state index is 11.4. The van der Waals surface area contributed by atoms with Crippen LogP contribution in [-0.2, 0) is 0 Å². The highest BCUT2D eigenvalue weighted by Gasteiger charge is 2.54. The first-order valence-electron chi connectivity index (χ1n) is 4.68. The highest BCUT2D eigenvalue weighted by Crippen LogP contribution is 2.43. The van der Waals surface area contributed by atoms with E-state index in [-0.39, 0.29) is 37.7 Å². The maximum Gasteiger partial charge on any atom is 0.393 e. The molecule has 0 spiro atoms. The second-order valence-corrected chi connectivity index (χ2v) is 4.10. The molecule has 0 heterocycles. The van der Waals surface area contributed by atoms with Crippen LogP contribution in [-0.4, -0.2) is 24.4 Å². The molecule has 0 aromatic carbocycles. The van der Waals surface area contributed by atoms with Gasteiger partial charge in [0.05, 0.1) is 11.8 Å². The number of hydrogen-bond acceptors (Lipinski definition) is 2. The molecule has 4 atom stereocenters. The van der Waals surface area contributed by atoms with Crippen molar-refractivity contribution in [1.29, 1.82) is 0 Å². The molecule has 2 aliphatic rings. The Labute approximate surface area is 112 Å². The van der Waals surface area contributed by atoms with Gasteiger partial charge in [0.15, 0.2) is 0 Å². The summed E-state index contributed by atoms with van der Waals surface area (Å²) < 4.78 is 68.5. The van der Waals surface area contributed by atoms with Gasteiger partial charge in [-0.15, -0.1) is 24.8 Å². The quantitative estimate of drug-likeness (QED) is 0.674. The fraction of sp³-hybridized carbons (Fsp3) is 1.00. The lowest BCUT2D eigenvalue weighted by atomic mass is 10.4. The van der Waals surface area contributed by atoms with Crippen LogP contribution in [0.15, 0.2) is 0 Å². The molecule has 18 heavy (non-hydrogen) atoms. The van der Waals surface area contributed by atoms with Crippen molar-refractivity contribution in [3.8, 4) is 0 Å². The Morgan fingerprint density at radius 1 is 0.667 bits per heavy atom. The topological polar surface area (TPSA) is 52.0 Å². The van der Waals surface area contributed by atoms with E-state index in [4.69, 9.17) is 11.5 Å². The van der Waals surface area contributed by atoms with E-state index in [1.54, 1.807) is 0 Å². The zero-order valence-corrected chi connectivity index (χ0v) is 10.6. The predicted molar refractivity (Wildman–Crippen MR) is 58.8 cm³/mol. The number of rotatable bonds is 0. The fourth-order valence-electron chi connectivity index (χ4n) is 1.18. The zero-order valence-electron chi connectivity index (χ0n) is 8.96. The van der Waals surface area contributed by atoms with Crippen LogP contribution in [0.3, 0.4) is 0 Å². The third-order valence-electron chi connectivity index (χ3n) is 2.52. The average molecular weight is 323 g/mol. The van der Waals surface area contributed by atoms with Gasteiger partial charge in [0, 0.05) is 12.1 Å². The van der Waals surface area contributed by atoms with Crippen molar-refractivity contribution in [3.05, 3.63) is 0 Å². The fourth-order valence-corrected chi connectivity index (χ4v) is 1.18. The van der Waals surface area contributed by atoms with Gasteiger partial charge in [-0.1, -0.05) is 0 Å². The molecule has 0 amide bonds. The van der Waals surface area contributed by atoms with E-state index in [0.29, 0.717) is 0 Å². The van der Waals surface area contributed by atoms with Crippen LogP contribution < -0.4 is 11.5 Å². The first-order chi connectivity index (χ1) is 7.03. The Morgan fingerprint density at radius 2 is 0.833 bits per heavy atom. The maximum atomic E-state index is 11.4. The van der Waals surface area contributed by atoms with Gasteiger partial charge in [0.25, 0.3) is 0 Å². The number of halogens is 8. The summed E-state index contributed by atoms with van der Waals surface area (Å²) in [6.07, 6.45) is -7.86. The molecular formula is C8H14Cl2F6N2. The monoisotopic (exact) mass is 322 g/mol. The molecule has 0 aromatic rings. The Morgan fingerprint density at radius 3 is 0.833 bits per heavy atom. The second kappa shape index (κ2) is 6.49. The molecule has 10 heteroatoms. The molecule has 2 aliphatic carbocycles. The highest BCUT2D eigenvalue weighted by molar-refractivity contribution is 5.85. The minimum atomic E-state index is -4.04. The Balaban J connectivity index is 0. The van der Waals surface area contributed by atoms with Crippen molar-refractivity contribution >= 4 is 24.8 Å². The van der Waals surface area contributed by atoms with Crippen molar-refractivity contribution in [1.82, 2.24) is 0 Å². The van der Waals surface area contributed by atoms with Crippen LogP contribution in [0.4, 0.5) is 26.3 Å². The normalized spacial score (nSPS) is 33.3. The van der Waals surface area contributed by atoms with Crippen LogP contribution in [0, 0.1) is 11.8 Å². The van der Waals surface area contributed by atoms with Gasteiger partial charge in [-0.25, -0.2) is 0 Å². The summed E-state index contributed by atoms with van der Waals surface area (Å²) in [4.78, 5) is 0. The van der Waals surface area contributed by atoms with Crippen LogP contribution >= 0.6 is 24.8 Å². The van der Waals surface area contributed by atoms with Crippen molar-refractivity contribution in [2.45, 2.75) is 37.3 Å². The van der Waals surface area contributed by atoms with E-state index in [1.165, 1.54) is 0 Å². The molecule has 0 saturated heterocycles.